The van der Waals surface area contributed by atoms with Crippen LogP contribution in [0.2, 0.25) is 0 Å². The molecule has 2 aromatic carbocycles. The lowest BCUT2D eigenvalue weighted by Gasteiger charge is -2.33. The third-order valence-electron chi connectivity index (χ3n) is 4.38. The predicted molar refractivity (Wildman–Crippen MR) is 102 cm³/mol. The minimum absolute atomic E-state index is 0.151. The highest BCUT2D eigenvalue weighted by molar-refractivity contribution is 5.97. The number of nitro groups is 1. The minimum atomic E-state index is -0.957. The third-order valence-corrected chi connectivity index (χ3v) is 4.38. The zero-order valence-electron chi connectivity index (χ0n) is 15.0. The van der Waals surface area contributed by atoms with Gasteiger partial charge in [-0.2, -0.15) is 0 Å². The van der Waals surface area contributed by atoms with E-state index in [1.807, 2.05) is 0 Å². The molecule has 1 aliphatic heterocycles. The fourth-order valence-electron chi connectivity index (χ4n) is 3.06. The van der Waals surface area contributed by atoms with Gasteiger partial charge in [0.05, 0.1) is 23.6 Å². The van der Waals surface area contributed by atoms with Crippen LogP contribution in [0.15, 0.2) is 60.8 Å². The highest BCUT2D eigenvalue weighted by Gasteiger charge is 2.40. The molecule has 1 saturated heterocycles. The van der Waals surface area contributed by atoms with E-state index in [-0.39, 0.29) is 16.9 Å². The first-order chi connectivity index (χ1) is 13.4. The van der Waals surface area contributed by atoms with Gasteiger partial charge in [0.25, 0.3) is 5.69 Å². The van der Waals surface area contributed by atoms with Crippen molar-refractivity contribution in [1.82, 2.24) is 10.6 Å². The molecule has 0 spiro atoms. The quantitative estimate of drug-likeness (QED) is 0.542. The average Bonchev–Trinajstić information content (AvgIpc) is 2.67. The maximum Gasteiger partial charge on any atom is 0.319 e. The number of hydrogen-bond donors (Lipinski definition) is 3. The molecule has 0 unspecified atom stereocenters. The number of nitrogens with one attached hydrogen (secondary N) is 3. The van der Waals surface area contributed by atoms with Crippen molar-refractivity contribution in [3.05, 3.63) is 76.5 Å². The fraction of sp³-hybridized carbons (Fsp3) is 0.158. The second-order valence-corrected chi connectivity index (χ2v) is 6.11. The Balaban J connectivity index is 1.93. The fourth-order valence-corrected chi connectivity index (χ4v) is 3.06. The summed E-state index contributed by atoms with van der Waals surface area (Å²) in [6.07, 6.45) is 0. The Labute approximate surface area is 160 Å². The lowest BCUT2D eigenvalue weighted by Crippen LogP contribution is -2.52. The maximum absolute atomic E-state index is 12.9. The van der Waals surface area contributed by atoms with Crippen LogP contribution in [0.3, 0.4) is 0 Å². The molecule has 3 amide bonds. The number of urea groups is 1. The second-order valence-electron chi connectivity index (χ2n) is 6.11. The van der Waals surface area contributed by atoms with Gasteiger partial charge < -0.3 is 20.7 Å². The molecule has 0 radical (unpaired) electrons. The third kappa shape index (κ3) is 3.78. The van der Waals surface area contributed by atoms with Crippen LogP contribution in [0, 0.1) is 16.0 Å². The number of ether oxygens (including phenoxy) is 1. The number of nitrogens with zero attached hydrogens (tertiary/aromatic N) is 1. The summed E-state index contributed by atoms with van der Waals surface area (Å²) >= 11 is 0. The Hall–Kier alpha value is -3.88. The van der Waals surface area contributed by atoms with Gasteiger partial charge in [0.2, 0.25) is 5.91 Å². The van der Waals surface area contributed by atoms with E-state index in [1.165, 1.54) is 25.3 Å². The zero-order chi connectivity index (χ0) is 20.3. The maximum atomic E-state index is 12.9. The standard InChI is InChI=1S/C19H18N4O5/c1-11-16(18(24)21-12-7-9-13(28-2)10-8-12)17(22-19(25)20-11)14-5-3-4-6-15(14)23(26)27/h3-10,16-17H,1H2,2H3,(H,21,24)(H2,20,22,25)/t16-,17+/m1/s1. The van der Waals surface area contributed by atoms with E-state index < -0.39 is 28.8 Å². The Bertz CT molecular complexity index is 942. The van der Waals surface area contributed by atoms with Crippen LogP contribution >= 0.6 is 0 Å². The van der Waals surface area contributed by atoms with Crippen LogP contribution in [-0.2, 0) is 4.79 Å². The number of rotatable bonds is 5. The van der Waals surface area contributed by atoms with Crippen molar-refractivity contribution in [3.63, 3.8) is 0 Å². The van der Waals surface area contributed by atoms with E-state index in [4.69, 9.17) is 4.74 Å². The molecule has 0 bridgehead atoms. The number of nitro benzene ring substituents is 1. The van der Waals surface area contributed by atoms with Gasteiger partial charge in [-0.3, -0.25) is 14.9 Å². The van der Waals surface area contributed by atoms with E-state index in [2.05, 4.69) is 22.5 Å². The van der Waals surface area contributed by atoms with Crippen molar-refractivity contribution in [2.75, 3.05) is 12.4 Å². The molecule has 3 N–H and O–H groups in total. The SMILES string of the molecule is C=C1NC(=O)N[C@@H](c2ccccc2[N+](=O)[O-])[C@@H]1C(=O)Nc1ccc(OC)cc1. The van der Waals surface area contributed by atoms with Crippen LogP contribution in [0.1, 0.15) is 11.6 Å². The van der Waals surface area contributed by atoms with Gasteiger partial charge in [0.1, 0.15) is 11.7 Å². The summed E-state index contributed by atoms with van der Waals surface area (Å²) in [6.45, 7) is 3.76. The van der Waals surface area contributed by atoms with E-state index in [0.717, 1.165) is 0 Å². The normalized spacial score (nSPS) is 18.6. The van der Waals surface area contributed by atoms with Gasteiger partial charge in [0.15, 0.2) is 0 Å². The molecule has 2 aromatic rings. The number of anilines is 1. The molecule has 144 valence electrons. The van der Waals surface area contributed by atoms with E-state index in [0.29, 0.717) is 11.4 Å². The van der Waals surface area contributed by atoms with E-state index >= 15 is 0 Å². The van der Waals surface area contributed by atoms with Crippen molar-refractivity contribution in [2.24, 2.45) is 5.92 Å². The van der Waals surface area contributed by atoms with Gasteiger partial charge in [-0.05, 0) is 24.3 Å². The number of benzene rings is 2. The van der Waals surface area contributed by atoms with Crippen molar-refractivity contribution in [1.29, 1.82) is 0 Å². The van der Waals surface area contributed by atoms with Gasteiger partial charge >= 0.3 is 6.03 Å². The average molecular weight is 382 g/mol. The Kier molecular flexibility index (Phi) is 5.25. The van der Waals surface area contributed by atoms with Crippen LogP contribution < -0.4 is 20.7 Å². The molecule has 28 heavy (non-hydrogen) atoms. The van der Waals surface area contributed by atoms with E-state index in [1.54, 1.807) is 30.3 Å². The number of carbonyl (C=O) groups excluding carboxylic acids is 2. The summed E-state index contributed by atoms with van der Waals surface area (Å²) in [5.41, 5.74) is 0.692. The first-order valence-corrected chi connectivity index (χ1v) is 8.35. The van der Waals surface area contributed by atoms with Gasteiger partial charge in [-0.15, -0.1) is 0 Å². The first-order valence-electron chi connectivity index (χ1n) is 8.35. The molecule has 9 nitrogen and oxygen atoms in total. The number of carbonyl (C=O) groups is 2. The first kappa shape index (κ1) is 18.9. The smallest absolute Gasteiger partial charge is 0.319 e. The number of methoxy groups -OCH3 is 1. The molecule has 0 saturated carbocycles. The summed E-state index contributed by atoms with van der Waals surface area (Å²) in [4.78, 5) is 35.7. The molecule has 1 aliphatic rings. The predicted octanol–water partition coefficient (Wildman–Crippen LogP) is 2.73. The van der Waals surface area contributed by atoms with Gasteiger partial charge in [-0.25, -0.2) is 4.79 Å². The van der Waals surface area contributed by atoms with Crippen molar-refractivity contribution in [3.8, 4) is 5.75 Å². The summed E-state index contributed by atoms with van der Waals surface area (Å²) in [5, 5.41) is 19.2. The lowest BCUT2D eigenvalue weighted by molar-refractivity contribution is -0.385. The number of amides is 3. The van der Waals surface area contributed by atoms with Gasteiger partial charge in [-0.1, -0.05) is 24.8 Å². The number of hydrogen-bond acceptors (Lipinski definition) is 5. The molecule has 0 aromatic heterocycles. The molecule has 1 fully saturated rings. The highest BCUT2D eigenvalue weighted by Crippen LogP contribution is 2.35. The molecule has 2 atom stereocenters. The van der Waals surface area contributed by atoms with Crippen molar-refractivity contribution < 1.29 is 19.2 Å². The summed E-state index contributed by atoms with van der Waals surface area (Å²) < 4.78 is 5.08. The molecule has 0 aliphatic carbocycles. The minimum Gasteiger partial charge on any atom is -0.497 e. The van der Waals surface area contributed by atoms with Crippen molar-refractivity contribution in [2.45, 2.75) is 6.04 Å². The zero-order valence-corrected chi connectivity index (χ0v) is 15.0. The van der Waals surface area contributed by atoms with Gasteiger partial charge in [0, 0.05) is 17.5 Å². The number of para-hydroxylation sites is 1. The molecular formula is C19H18N4O5. The second kappa shape index (κ2) is 7.78. The lowest BCUT2D eigenvalue weighted by atomic mass is 9.87. The van der Waals surface area contributed by atoms with Crippen molar-refractivity contribution >= 4 is 23.3 Å². The molecule has 9 heteroatoms. The van der Waals surface area contributed by atoms with E-state index in [9.17, 15) is 19.7 Å². The Morgan fingerprint density at radius 2 is 1.89 bits per heavy atom. The summed E-state index contributed by atoms with van der Waals surface area (Å²) in [7, 11) is 1.53. The Morgan fingerprint density at radius 3 is 2.54 bits per heavy atom. The van der Waals surface area contributed by atoms with Crippen LogP contribution in [0.5, 0.6) is 5.75 Å². The molecular weight excluding hydrogens is 364 g/mol. The van der Waals surface area contributed by atoms with Crippen LogP contribution in [-0.4, -0.2) is 24.0 Å². The molecule has 1 heterocycles. The van der Waals surface area contributed by atoms with Crippen LogP contribution in [0.4, 0.5) is 16.2 Å². The summed E-state index contributed by atoms with van der Waals surface area (Å²) in [5.74, 6) is -0.793. The molecule has 3 rings (SSSR count). The van der Waals surface area contributed by atoms with Crippen LogP contribution in [0.25, 0.3) is 0 Å². The summed E-state index contributed by atoms with van der Waals surface area (Å²) in [6, 6.07) is 11.1. The topological polar surface area (TPSA) is 123 Å². The highest BCUT2D eigenvalue weighted by atomic mass is 16.6. The Morgan fingerprint density at radius 1 is 1.21 bits per heavy atom. The monoisotopic (exact) mass is 382 g/mol. The largest absolute Gasteiger partial charge is 0.497 e.